The fourth-order valence-corrected chi connectivity index (χ4v) is 2.74. The third kappa shape index (κ3) is 9.35. The molecule has 0 spiro atoms. The average molecular weight is 285 g/mol. The van der Waals surface area contributed by atoms with Gasteiger partial charge in [0.1, 0.15) is 0 Å². The Bertz CT molecular complexity index is 253. The van der Waals surface area contributed by atoms with Gasteiger partial charge >= 0.3 is 0 Å². The first-order chi connectivity index (χ1) is 9.43. The molecule has 3 nitrogen and oxygen atoms in total. The molecule has 0 aromatic carbocycles. The summed E-state index contributed by atoms with van der Waals surface area (Å²) in [6, 6.07) is 0. The molecule has 0 fully saturated rings. The molecule has 0 aliphatic heterocycles. The van der Waals surface area contributed by atoms with E-state index in [2.05, 4.69) is 45.0 Å². The van der Waals surface area contributed by atoms with Crippen molar-refractivity contribution in [1.29, 1.82) is 0 Å². The van der Waals surface area contributed by atoms with Gasteiger partial charge in [-0.15, -0.1) is 0 Å². The lowest BCUT2D eigenvalue weighted by molar-refractivity contribution is -0.782. The molecule has 0 atom stereocenters. The third-order valence-corrected chi connectivity index (χ3v) is 3.74. The van der Waals surface area contributed by atoms with Crippen LogP contribution in [0.5, 0.6) is 0 Å². The minimum Gasteiger partial charge on any atom is -0.314 e. The van der Waals surface area contributed by atoms with E-state index in [1.165, 1.54) is 57.8 Å². The Hall–Kier alpha value is -0.570. The van der Waals surface area contributed by atoms with Crippen molar-refractivity contribution in [3.8, 4) is 0 Å². The maximum absolute atomic E-state index is 4.43. The third-order valence-electron chi connectivity index (χ3n) is 3.74. The topological polar surface area (TPSA) is 15.6 Å². The molecule has 0 aliphatic rings. The van der Waals surface area contributed by atoms with Gasteiger partial charge in [0.2, 0.25) is 0 Å². The molecular weight excluding hydrogens is 246 g/mol. The summed E-state index contributed by atoms with van der Waals surface area (Å²) in [5.74, 6) is 1.16. The van der Waals surface area contributed by atoms with Crippen LogP contribution in [0, 0.1) is 0 Å². The van der Waals surface area contributed by atoms with Gasteiger partial charge in [-0.1, -0.05) is 58.3 Å². The number of unbranched alkanes of at least 4 members (excludes halogenated alkanes) is 8. The zero-order valence-electron chi connectivity index (χ0n) is 14.9. The molecule has 0 aromatic heterocycles. The van der Waals surface area contributed by atoms with Crippen LogP contribution < -0.4 is 0 Å². The van der Waals surface area contributed by atoms with Crippen LogP contribution in [-0.2, 0) is 0 Å². The number of nitrogens with zero attached hydrogens (tertiary/aromatic N) is 3. The van der Waals surface area contributed by atoms with Gasteiger partial charge in [-0.3, -0.25) is 4.48 Å². The minimum atomic E-state index is 0.796. The number of hydrogen-bond acceptors (Lipinski definition) is 1. The normalized spacial score (nSPS) is 12.8. The standard InChI is InChI=1S/C17H38N3/c1-7-8-9-10-11-12-13-14-15-16-19(3)17(18-2)20(4,5)6/h7-16H2,1-6H3/q+1. The van der Waals surface area contributed by atoms with Crippen LogP contribution in [0.15, 0.2) is 4.99 Å². The Labute approximate surface area is 127 Å². The van der Waals surface area contributed by atoms with E-state index in [9.17, 15) is 0 Å². The number of hydrogen-bond donors (Lipinski definition) is 0. The second-order valence-electron chi connectivity index (χ2n) is 6.79. The van der Waals surface area contributed by atoms with E-state index in [1.54, 1.807) is 0 Å². The molecule has 0 amide bonds. The van der Waals surface area contributed by atoms with Crippen LogP contribution in [0.2, 0.25) is 0 Å². The Morgan fingerprint density at radius 3 is 1.70 bits per heavy atom. The Morgan fingerprint density at radius 1 is 0.850 bits per heavy atom. The van der Waals surface area contributed by atoms with E-state index in [4.69, 9.17) is 0 Å². The van der Waals surface area contributed by atoms with Crippen LogP contribution in [0.25, 0.3) is 0 Å². The van der Waals surface area contributed by atoms with Crippen molar-refractivity contribution >= 4 is 5.96 Å². The van der Waals surface area contributed by atoms with Gasteiger partial charge in [0.25, 0.3) is 5.96 Å². The van der Waals surface area contributed by atoms with Crippen molar-refractivity contribution < 1.29 is 4.48 Å². The first kappa shape index (κ1) is 19.4. The fourth-order valence-electron chi connectivity index (χ4n) is 2.74. The molecule has 0 radical (unpaired) electrons. The maximum atomic E-state index is 4.43. The first-order valence-electron chi connectivity index (χ1n) is 8.43. The summed E-state index contributed by atoms with van der Waals surface area (Å²) in [5, 5.41) is 0. The number of guanidine groups is 1. The zero-order valence-corrected chi connectivity index (χ0v) is 14.9. The molecule has 0 saturated carbocycles. The Kier molecular flexibility index (Phi) is 10.8. The summed E-state index contributed by atoms with van der Waals surface area (Å²) in [6.07, 6.45) is 12.5. The van der Waals surface area contributed by atoms with E-state index in [0.29, 0.717) is 0 Å². The van der Waals surface area contributed by atoms with Gasteiger partial charge in [-0.2, -0.15) is 0 Å². The van der Waals surface area contributed by atoms with Crippen molar-refractivity contribution in [3.05, 3.63) is 0 Å². The van der Waals surface area contributed by atoms with Gasteiger partial charge in [0.05, 0.1) is 21.1 Å². The molecule has 0 bridgehead atoms. The molecule has 0 heterocycles. The van der Waals surface area contributed by atoms with Crippen LogP contribution in [0.4, 0.5) is 0 Å². The summed E-state index contributed by atoms with van der Waals surface area (Å²) < 4.78 is 0.796. The second kappa shape index (κ2) is 11.1. The molecule has 0 saturated heterocycles. The SMILES string of the molecule is CCCCCCCCCCCN(C)C(=NC)[N+](C)(C)C. The van der Waals surface area contributed by atoms with Crippen LogP contribution in [0.3, 0.4) is 0 Å². The van der Waals surface area contributed by atoms with Gasteiger partial charge in [-0.25, -0.2) is 4.99 Å². The van der Waals surface area contributed by atoms with E-state index in [0.717, 1.165) is 17.0 Å². The smallest absolute Gasteiger partial charge is 0.299 e. The lowest BCUT2D eigenvalue weighted by Crippen LogP contribution is -2.50. The van der Waals surface area contributed by atoms with Crippen LogP contribution >= 0.6 is 0 Å². The van der Waals surface area contributed by atoms with Gasteiger partial charge in [0.15, 0.2) is 0 Å². The van der Waals surface area contributed by atoms with Crippen molar-refractivity contribution in [1.82, 2.24) is 4.90 Å². The molecule has 0 aromatic rings. The van der Waals surface area contributed by atoms with E-state index >= 15 is 0 Å². The molecule has 0 rings (SSSR count). The van der Waals surface area contributed by atoms with Crippen molar-refractivity contribution in [2.75, 3.05) is 41.8 Å². The van der Waals surface area contributed by atoms with E-state index < -0.39 is 0 Å². The molecule has 3 heteroatoms. The summed E-state index contributed by atoms with van der Waals surface area (Å²) in [4.78, 5) is 6.74. The summed E-state index contributed by atoms with van der Waals surface area (Å²) >= 11 is 0. The largest absolute Gasteiger partial charge is 0.314 e. The quantitative estimate of drug-likeness (QED) is 0.255. The average Bonchev–Trinajstić information content (AvgIpc) is 2.36. The van der Waals surface area contributed by atoms with Gasteiger partial charge < -0.3 is 4.90 Å². The highest BCUT2D eigenvalue weighted by Crippen LogP contribution is 2.10. The van der Waals surface area contributed by atoms with Crippen LogP contribution in [-0.4, -0.2) is 57.1 Å². The molecule has 0 N–H and O–H groups in total. The van der Waals surface area contributed by atoms with Crippen molar-refractivity contribution in [3.63, 3.8) is 0 Å². The van der Waals surface area contributed by atoms with Gasteiger partial charge in [-0.05, 0) is 6.42 Å². The number of rotatable bonds is 10. The highest BCUT2D eigenvalue weighted by molar-refractivity contribution is 5.72. The molecule has 0 aliphatic carbocycles. The lowest BCUT2D eigenvalue weighted by Gasteiger charge is -2.30. The molecule has 0 unspecified atom stereocenters. The van der Waals surface area contributed by atoms with E-state index in [-0.39, 0.29) is 0 Å². The van der Waals surface area contributed by atoms with Crippen molar-refractivity contribution in [2.24, 2.45) is 4.99 Å². The highest BCUT2D eigenvalue weighted by Gasteiger charge is 2.21. The fraction of sp³-hybridized carbons (Fsp3) is 0.941. The predicted molar refractivity (Wildman–Crippen MR) is 91.2 cm³/mol. The summed E-state index contributed by atoms with van der Waals surface area (Å²) in [7, 11) is 10.6. The first-order valence-corrected chi connectivity index (χ1v) is 8.43. The highest BCUT2D eigenvalue weighted by atomic mass is 15.4. The lowest BCUT2D eigenvalue weighted by atomic mass is 10.1. The second-order valence-corrected chi connectivity index (χ2v) is 6.79. The maximum Gasteiger partial charge on any atom is 0.299 e. The van der Waals surface area contributed by atoms with E-state index in [1.807, 2.05) is 7.05 Å². The van der Waals surface area contributed by atoms with Crippen molar-refractivity contribution in [2.45, 2.75) is 64.7 Å². The zero-order chi connectivity index (χ0) is 15.4. The Balaban J connectivity index is 3.60. The summed E-state index contributed by atoms with van der Waals surface area (Å²) in [6.45, 7) is 3.40. The molecule has 120 valence electrons. The monoisotopic (exact) mass is 284 g/mol. The Morgan fingerprint density at radius 2 is 1.30 bits per heavy atom. The van der Waals surface area contributed by atoms with Crippen LogP contribution in [0.1, 0.15) is 64.7 Å². The van der Waals surface area contributed by atoms with Gasteiger partial charge in [0, 0.05) is 20.6 Å². The number of aliphatic imine (C=N–C) groups is 1. The minimum absolute atomic E-state index is 0.796. The molecular formula is C17H38N3+. The molecule has 20 heavy (non-hydrogen) atoms. The number of quaternary nitrogens is 1. The predicted octanol–water partition coefficient (Wildman–Crippen LogP) is 4.14. The summed E-state index contributed by atoms with van der Waals surface area (Å²) in [5.41, 5.74) is 0.